The minimum atomic E-state index is -3.22. The number of piperazine rings is 1. The fourth-order valence-electron chi connectivity index (χ4n) is 2.51. The molecule has 0 radical (unpaired) electrons. The standard InChI is InChI=1S/C14H22N2O2S/c1-12-4-6-14(7-5-12)11-19(17,18)16-9-8-15(3)10-13(16)2/h4-7,13H,8-11H2,1-3H3. The van der Waals surface area contributed by atoms with Crippen LogP contribution in [0.25, 0.3) is 0 Å². The molecule has 0 bridgehead atoms. The van der Waals surface area contributed by atoms with E-state index in [-0.39, 0.29) is 11.8 Å². The number of sulfonamides is 1. The molecule has 1 aliphatic rings. The first-order chi connectivity index (χ1) is 8.88. The van der Waals surface area contributed by atoms with Gasteiger partial charge in [-0.3, -0.25) is 0 Å². The molecule has 0 N–H and O–H groups in total. The van der Waals surface area contributed by atoms with Gasteiger partial charge in [0.25, 0.3) is 0 Å². The Morgan fingerprint density at radius 1 is 1.21 bits per heavy atom. The van der Waals surface area contributed by atoms with Gasteiger partial charge >= 0.3 is 0 Å². The lowest BCUT2D eigenvalue weighted by atomic mass is 10.2. The third-order valence-electron chi connectivity index (χ3n) is 3.60. The summed E-state index contributed by atoms with van der Waals surface area (Å²) in [4.78, 5) is 2.17. The molecule has 4 nitrogen and oxygen atoms in total. The predicted molar refractivity (Wildman–Crippen MR) is 77.5 cm³/mol. The molecule has 1 fully saturated rings. The summed E-state index contributed by atoms with van der Waals surface area (Å²) in [6.45, 7) is 6.17. The summed E-state index contributed by atoms with van der Waals surface area (Å²) < 4.78 is 26.6. The Balaban J connectivity index is 2.12. The summed E-state index contributed by atoms with van der Waals surface area (Å²) in [6, 6.07) is 7.76. The van der Waals surface area contributed by atoms with Crippen molar-refractivity contribution in [1.29, 1.82) is 0 Å². The first-order valence-corrected chi connectivity index (χ1v) is 8.23. The topological polar surface area (TPSA) is 40.6 Å². The van der Waals surface area contributed by atoms with Crippen LogP contribution in [-0.4, -0.2) is 50.3 Å². The average Bonchev–Trinajstić information content (AvgIpc) is 2.31. The zero-order valence-electron chi connectivity index (χ0n) is 11.8. The third-order valence-corrected chi connectivity index (χ3v) is 5.55. The van der Waals surface area contributed by atoms with Crippen molar-refractivity contribution in [2.45, 2.75) is 25.6 Å². The SMILES string of the molecule is Cc1ccc(CS(=O)(=O)N2CCN(C)CC2C)cc1. The van der Waals surface area contributed by atoms with Crippen molar-refractivity contribution >= 4 is 10.0 Å². The Kier molecular flexibility index (Phi) is 4.28. The zero-order valence-corrected chi connectivity index (χ0v) is 12.7. The van der Waals surface area contributed by atoms with E-state index in [1.807, 2.05) is 45.2 Å². The van der Waals surface area contributed by atoms with Crippen molar-refractivity contribution in [1.82, 2.24) is 9.21 Å². The second kappa shape index (κ2) is 5.61. The Morgan fingerprint density at radius 2 is 1.84 bits per heavy atom. The van der Waals surface area contributed by atoms with E-state index in [9.17, 15) is 8.42 Å². The van der Waals surface area contributed by atoms with Gasteiger partial charge in [0.15, 0.2) is 0 Å². The van der Waals surface area contributed by atoms with Crippen LogP contribution >= 0.6 is 0 Å². The van der Waals surface area contributed by atoms with Gasteiger partial charge in [0.05, 0.1) is 5.75 Å². The third kappa shape index (κ3) is 3.55. The number of hydrogen-bond donors (Lipinski definition) is 0. The highest BCUT2D eigenvalue weighted by Crippen LogP contribution is 2.17. The molecule has 1 aromatic carbocycles. The molecule has 5 heteroatoms. The Hall–Kier alpha value is -0.910. The molecule has 2 rings (SSSR count). The van der Waals surface area contributed by atoms with Gasteiger partial charge in [-0.1, -0.05) is 29.8 Å². The molecular formula is C14H22N2O2S. The van der Waals surface area contributed by atoms with E-state index in [4.69, 9.17) is 0 Å². The number of rotatable bonds is 3. The fourth-order valence-corrected chi connectivity index (χ4v) is 4.27. The highest BCUT2D eigenvalue weighted by molar-refractivity contribution is 7.88. The van der Waals surface area contributed by atoms with E-state index in [0.717, 1.165) is 24.2 Å². The van der Waals surface area contributed by atoms with Gasteiger partial charge in [-0.15, -0.1) is 0 Å². The maximum atomic E-state index is 12.5. The molecule has 0 aromatic heterocycles. The van der Waals surface area contributed by atoms with Crippen LogP contribution in [0.4, 0.5) is 0 Å². The molecule has 0 amide bonds. The van der Waals surface area contributed by atoms with Gasteiger partial charge in [0, 0.05) is 25.7 Å². The minimum absolute atomic E-state index is 0.0502. The largest absolute Gasteiger partial charge is 0.303 e. The normalized spacial score (nSPS) is 22.6. The minimum Gasteiger partial charge on any atom is -0.303 e. The molecule has 0 spiro atoms. The molecule has 1 heterocycles. The molecule has 0 aliphatic carbocycles. The van der Waals surface area contributed by atoms with Crippen LogP contribution in [0, 0.1) is 6.92 Å². The average molecular weight is 282 g/mol. The summed E-state index contributed by atoms with van der Waals surface area (Å²) >= 11 is 0. The number of aryl methyl sites for hydroxylation is 1. The van der Waals surface area contributed by atoms with Gasteiger partial charge in [-0.2, -0.15) is 4.31 Å². The van der Waals surface area contributed by atoms with Crippen molar-refractivity contribution in [3.8, 4) is 0 Å². The number of nitrogens with zero attached hydrogens (tertiary/aromatic N) is 2. The molecule has 1 aliphatic heterocycles. The fraction of sp³-hybridized carbons (Fsp3) is 0.571. The van der Waals surface area contributed by atoms with Gasteiger partial charge < -0.3 is 4.90 Å². The Labute approximate surface area is 116 Å². The van der Waals surface area contributed by atoms with Gasteiger partial charge in [-0.25, -0.2) is 8.42 Å². The number of benzene rings is 1. The maximum absolute atomic E-state index is 12.5. The van der Waals surface area contributed by atoms with Gasteiger partial charge in [0.1, 0.15) is 0 Å². The monoisotopic (exact) mass is 282 g/mol. The Bertz CT molecular complexity index is 525. The summed E-state index contributed by atoms with van der Waals surface area (Å²) in [5, 5.41) is 0. The van der Waals surface area contributed by atoms with Crippen molar-refractivity contribution in [3.63, 3.8) is 0 Å². The molecule has 1 atom stereocenters. The number of likely N-dealkylation sites (N-methyl/N-ethyl adjacent to an activating group) is 1. The quantitative estimate of drug-likeness (QED) is 0.843. The summed E-state index contributed by atoms with van der Waals surface area (Å²) in [6.07, 6.45) is 0. The molecular weight excluding hydrogens is 260 g/mol. The van der Waals surface area contributed by atoms with Crippen LogP contribution in [0.3, 0.4) is 0 Å². The van der Waals surface area contributed by atoms with Crippen LogP contribution in [0.5, 0.6) is 0 Å². The highest BCUT2D eigenvalue weighted by atomic mass is 32.2. The zero-order chi connectivity index (χ0) is 14.0. The second-order valence-electron chi connectivity index (χ2n) is 5.46. The smallest absolute Gasteiger partial charge is 0.218 e. The van der Waals surface area contributed by atoms with Gasteiger partial charge in [0.2, 0.25) is 10.0 Å². The predicted octanol–water partition coefficient (Wildman–Crippen LogP) is 1.46. The summed E-state index contributed by atoms with van der Waals surface area (Å²) in [5.74, 6) is 0.0985. The lowest BCUT2D eigenvalue weighted by Gasteiger charge is -2.37. The highest BCUT2D eigenvalue weighted by Gasteiger charge is 2.31. The van der Waals surface area contributed by atoms with E-state index in [1.165, 1.54) is 0 Å². The maximum Gasteiger partial charge on any atom is 0.218 e. The van der Waals surface area contributed by atoms with E-state index in [0.29, 0.717) is 6.54 Å². The molecule has 19 heavy (non-hydrogen) atoms. The van der Waals surface area contributed by atoms with E-state index in [1.54, 1.807) is 4.31 Å². The van der Waals surface area contributed by atoms with Crippen molar-refractivity contribution in [2.75, 3.05) is 26.7 Å². The molecule has 106 valence electrons. The van der Waals surface area contributed by atoms with Crippen LogP contribution in [-0.2, 0) is 15.8 Å². The molecule has 0 saturated carbocycles. The Morgan fingerprint density at radius 3 is 2.42 bits per heavy atom. The van der Waals surface area contributed by atoms with Crippen LogP contribution < -0.4 is 0 Å². The lowest BCUT2D eigenvalue weighted by molar-refractivity contribution is 0.170. The summed E-state index contributed by atoms with van der Waals surface area (Å²) in [5.41, 5.74) is 2.01. The lowest BCUT2D eigenvalue weighted by Crippen LogP contribution is -2.52. The van der Waals surface area contributed by atoms with Crippen molar-refractivity contribution in [2.24, 2.45) is 0 Å². The summed E-state index contributed by atoms with van der Waals surface area (Å²) in [7, 11) is -1.19. The first kappa shape index (κ1) is 14.5. The van der Waals surface area contributed by atoms with Crippen LogP contribution in [0.2, 0.25) is 0 Å². The van der Waals surface area contributed by atoms with E-state index in [2.05, 4.69) is 4.90 Å². The van der Waals surface area contributed by atoms with E-state index >= 15 is 0 Å². The molecule has 1 aromatic rings. The van der Waals surface area contributed by atoms with E-state index < -0.39 is 10.0 Å². The molecule has 1 unspecified atom stereocenters. The van der Waals surface area contributed by atoms with Crippen LogP contribution in [0.15, 0.2) is 24.3 Å². The first-order valence-electron chi connectivity index (χ1n) is 6.62. The second-order valence-corrected chi connectivity index (χ2v) is 7.39. The van der Waals surface area contributed by atoms with Gasteiger partial charge in [-0.05, 0) is 26.5 Å². The van der Waals surface area contributed by atoms with Crippen molar-refractivity contribution in [3.05, 3.63) is 35.4 Å². The number of hydrogen-bond acceptors (Lipinski definition) is 3. The molecule has 1 saturated heterocycles. The van der Waals surface area contributed by atoms with Crippen LogP contribution in [0.1, 0.15) is 18.1 Å². The van der Waals surface area contributed by atoms with Crippen molar-refractivity contribution < 1.29 is 8.42 Å².